The van der Waals surface area contributed by atoms with E-state index in [1.807, 2.05) is 89.7 Å². The molecule has 14 nitrogen and oxygen atoms in total. The Morgan fingerprint density at radius 2 is 0.903 bits per heavy atom. The van der Waals surface area contributed by atoms with E-state index in [2.05, 4.69) is 20.0 Å². The third kappa shape index (κ3) is 17.4. The van der Waals surface area contributed by atoms with Crippen LogP contribution in [0.1, 0.15) is 60.0 Å². The quantitative estimate of drug-likeness (QED) is 0.0291. The van der Waals surface area contributed by atoms with Crippen molar-refractivity contribution in [2.75, 3.05) is 10.6 Å². The minimum Gasteiger partial charge on any atom is -0.489 e. The first kappa shape index (κ1) is 54.8. The topological polar surface area (TPSA) is 201 Å². The van der Waals surface area contributed by atoms with E-state index < -0.39 is 27.1 Å². The lowest BCUT2D eigenvalue weighted by Crippen LogP contribution is -2.31. The molecule has 72 heavy (non-hydrogen) atoms. The fourth-order valence-electron chi connectivity index (χ4n) is 6.22. The van der Waals surface area contributed by atoms with Crippen molar-refractivity contribution in [3.8, 4) is 11.5 Å². The number of rotatable bonds is 17. The van der Waals surface area contributed by atoms with Gasteiger partial charge in [-0.3, -0.25) is 19.2 Å². The lowest BCUT2D eigenvalue weighted by molar-refractivity contribution is -0.195. The molecule has 0 aliphatic heterocycles. The van der Waals surface area contributed by atoms with E-state index in [0.29, 0.717) is 46.4 Å². The van der Waals surface area contributed by atoms with Crippen molar-refractivity contribution in [2.24, 2.45) is 5.90 Å². The van der Waals surface area contributed by atoms with Crippen molar-refractivity contribution in [3.05, 3.63) is 252 Å². The van der Waals surface area contributed by atoms with Crippen LogP contribution in [-0.4, -0.2) is 31.4 Å². The standard InChI is InChI=1S/C27H22N2O5S.C20H18N2O4S.C7H5ClO.CH4/c30-26(22-14-9-15-23(18-22)34-19-20-10-3-1-4-11-20)28-24-16-7-8-17-25(24)35(32,33)29-27(31)21-12-5-2-6-13-21;21-25-26-27-19-12-5-4-11-18(19)22-20(23)16-9-6-10-17(13-16)24-14-15-7-2-1-3-8-15;8-7(9)6-4-2-1-3-5-6;/h1-18H,19H2,(H,28,30)(H,29,31);1-13H,14,21H2,(H,22,23);1-5H;1H4. The summed E-state index contributed by atoms with van der Waals surface area (Å²) in [5, 5.41) is 5.06. The maximum atomic E-state index is 12.9. The number of anilines is 2. The van der Waals surface area contributed by atoms with Gasteiger partial charge < -0.3 is 20.1 Å². The second kappa shape index (κ2) is 28.5. The molecule has 0 aliphatic carbocycles. The summed E-state index contributed by atoms with van der Waals surface area (Å²) < 4.78 is 44.1. The molecule has 17 heteroatoms. The number of carbonyl (C=O) groups excluding carboxylic acids is 4. The number of amides is 3. The van der Waals surface area contributed by atoms with Crippen molar-refractivity contribution >= 4 is 68.0 Å². The predicted octanol–water partition coefficient (Wildman–Crippen LogP) is 11.7. The van der Waals surface area contributed by atoms with Gasteiger partial charge in [0.15, 0.2) is 0 Å². The van der Waals surface area contributed by atoms with Crippen LogP contribution in [0.3, 0.4) is 0 Å². The monoisotopic (exact) mass is 1020 g/mol. The third-order valence-electron chi connectivity index (χ3n) is 9.68. The van der Waals surface area contributed by atoms with Gasteiger partial charge in [0.25, 0.3) is 33.0 Å². The number of sulfonamides is 1. The Bertz CT molecular complexity index is 3120. The Balaban J connectivity index is 0.000000230. The van der Waals surface area contributed by atoms with Crippen LogP contribution in [-0.2, 0) is 32.6 Å². The van der Waals surface area contributed by atoms with Crippen LogP contribution in [0, 0.1) is 0 Å². The summed E-state index contributed by atoms with van der Waals surface area (Å²) in [7, 11) is -4.25. The second-order valence-electron chi connectivity index (χ2n) is 14.7. The van der Waals surface area contributed by atoms with Crippen LogP contribution in [0.2, 0.25) is 0 Å². The molecule has 0 saturated heterocycles. The molecule has 0 fully saturated rings. The minimum atomic E-state index is -4.25. The van der Waals surface area contributed by atoms with Gasteiger partial charge in [-0.15, -0.1) is 9.32 Å². The SMILES string of the molecule is C.NOOSc1ccccc1NC(=O)c1cccc(OCc2ccccc2)c1.O=C(Cl)c1ccccc1.O=C(Nc1ccccc1S(=O)(=O)NC(=O)c1ccccc1)c1cccc(OCc2ccccc2)c1. The molecule has 0 unspecified atom stereocenters. The Morgan fingerprint density at radius 1 is 0.486 bits per heavy atom. The van der Waals surface area contributed by atoms with Crippen LogP contribution in [0.5, 0.6) is 11.5 Å². The fraction of sp³-hybridized carbons (Fsp3) is 0.0545. The fourth-order valence-corrected chi connectivity index (χ4v) is 7.94. The number of ether oxygens (including phenoxy) is 2. The highest BCUT2D eigenvalue weighted by molar-refractivity contribution is 7.94. The maximum Gasteiger partial charge on any atom is 0.266 e. The summed E-state index contributed by atoms with van der Waals surface area (Å²) >= 11 is 6.07. The lowest BCUT2D eigenvalue weighted by Gasteiger charge is -2.13. The molecule has 5 N–H and O–H groups in total. The minimum absolute atomic E-state index is 0. The van der Waals surface area contributed by atoms with Gasteiger partial charge in [-0.2, -0.15) is 5.90 Å². The van der Waals surface area contributed by atoms with Crippen LogP contribution in [0.4, 0.5) is 11.4 Å². The maximum absolute atomic E-state index is 12.9. The molecule has 0 atom stereocenters. The molecular weight excluding hydrogens is 976 g/mol. The molecule has 0 spiro atoms. The summed E-state index contributed by atoms with van der Waals surface area (Å²) in [4.78, 5) is 52.9. The van der Waals surface area contributed by atoms with Gasteiger partial charge in [0, 0.05) is 22.3 Å². The number of halogens is 1. The Kier molecular flexibility index (Phi) is 21.7. The van der Waals surface area contributed by atoms with E-state index in [0.717, 1.165) is 23.2 Å². The van der Waals surface area contributed by atoms with Gasteiger partial charge in [0.1, 0.15) is 29.6 Å². The van der Waals surface area contributed by atoms with Crippen LogP contribution >= 0.6 is 23.6 Å². The van der Waals surface area contributed by atoms with Crippen molar-refractivity contribution in [1.29, 1.82) is 0 Å². The smallest absolute Gasteiger partial charge is 0.266 e. The number of hydrogen-bond acceptors (Lipinski definition) is 12. The van der Waals surface area contributed by atoms with E-state index in [9.17, 15) is 27.6 Å². The van der Waals surface area contributed by atoms with Gasteiger partial charge in [0.05, 0.1) is 28.3 Å². The molecule has 8 aromatic rings. The molecule has 0 heterocycles. The van der Waals surface area contributed by atoms with E-state index in [1.165, 1.54) is 30.3 Å². The van der Waals surface area contributed by atoms with Gasteiger partial charge >= 0.3 is 0 Å². The Morgan fingerprint density at radius 3 is 1.39 bits per heavy atom. The molecule has 0 aliphatic rings. The zero-order valence-electron chi connectivity index (χ0n) is 37.6. The largest absolute Gasteiger partial charge is 0.489 e. The van der Waals surface area contributed by atoms with E-state index in [4.69, 9.17) is 27.0 Å². The predicted molar refractivity (Wildman–Crippen MR) is 280 cm³/mol. The number of hydrogen-bond donors (Lipinski definition) is 4. The van der Waals surface area contributed by atoms with Crippen LogP contribution < -0.4 is 30.7 Å². The molecule has 3 amide bonds. The second-order valence-corrected chi connectivity index (χ2v) is 17.4. The average Bonchev–Trinajstić information content (AvgIpc) is 3.41. The van der Waals surface area contributed by atoms with Gasteiger partial charge in [-0.1, -0.05) is 153 Å². The third-order valence-corrected chi connectivity index (χ3v) is 12.0. The molecule has 8 aromatic carbocycles. The van der Waals surface area contributed by atoms with E-state index in [-0.39, 0.29) is 35.0 Å². The van der Waals surface area contributed by atoms with Gasteiger partial charge in [-0.05, 0) is 95.5 Å². The Labute approximate surface area is 427 Å². The van der Waals surface area contributed by atoms with E-state index in [1.54, 1.807) is 103 Å². The number of para-hydroxylation sites is 2. The lowest BCUT2D eigenvalue weighted by atomic mass is 10.2. The molecule has 8 rings (SSSR count). The number of carbonyl (C=O) groups is 4. The Hall–Kier alpha value is -8.09. The number of benzene rings is 8. The molecule has 0 aromatic heterocycles. The highest BCUT2D eigenvalue weighted by Gasteiger charge is 2.23. The molecule has 0 saturated carbocycles. The molecule has 368 valence electrons. The van der Waals surface area contributed by atoms with Crippen molar-refractivity contribution in [1.82, 2.24) is 4.72 Å². The van der Waals surface area contributed by atoms with Crippen LogP contribution in [0.25, 0.3) is 0 Å². The summed E-state index contributed by atoms with van der Waals surface area (Å²) in [5.74, 6) is 4.43. The highest BCUT2D eigenvalue weighted by Crippen LogP contribution is 2.29. The average molecular weight is 1030 g/mol. The first-order valence-corrected chi connectivity index (χ1v) is 24.0. The van der Waals surface area contributed by atoms with Gasteiger partial charge in [-0.25, -0.2) is 13.1 Å². The van der Waals surface area contributed by atoms with Gasteiger partial charge in [0.2, 0.25) is 0 Å². The number of nitrogens with one attached hydrogen (secondary N) is 3. The summed E-state index contributed by atoms with van der Waals surface area (Å²) in [6.45, 7) is 0.774. The summed E-state index contributed by atoms with van der Waals surface area (Å²) in [6.07, 6.45) is 0. The zero-order valence-corrected chi connectivity index (χ0v) is 39.9. The number of nitrogens with two attached hydrogens (primary N) is 1. The highest BCUT2D eigenvalue weighted by atomic mass is 35.5. The molecular formula is C55H49ClN4O10S2. The first-order valence-electron chi connectivity index (χ1n) is 21.4. The van der Waals surface area contributed by atoms with Crippen molar-refractivity contribution in [2.45, 2.75) is 30.4 Å². The molecule has 0 radical (unpaired) electrons. The van der Waals surface area contributed by atoms with E-state index >= 15 is 0 Å². The zero-order chi connectivity index (χ0) is 50.3. The first-order chi connectivity index (χ1) is 34.5. The van der Waals surface area contributed by atoms with Crippen LogP contribution in [0.15, 0.2) is 228 Å². The van der Waals surface area contributed by atoms with Crippen molar-refractivity contribution in [3.63, 3.8) is 0 Å². The van der Waals surface area contributed by atoms with Crippen molar-refractivity contribution < 1.29 is 46.4 Å². The molecule has 0 bridgehead atoms. The summed E-state index contributed by atoms with van der Waals surface area (Å²) in [5.41, 5.74) is 4.18. The normalized spacial score (nSPS) is 10.3. The summed E-state index contributed by atoms with van der Waals surface area (Å²) in [6, 6.07) is 62.8.